The van der Waals surface area contributed by atoms with E-state index in [0.29, 0.717) is 36.6 Å². The first kappa shape index (κ1) is 24.1. The lowest BCUT2D eigenvalue weighted by molar-refractivity contribution is -0.133. The Morgan fingerprint density at radius 2 is 1.51 bits per heavy atom. The van der Waals surface area contributed by atoms with Crippen molar-refractivity contribution in [3.63, 3.8) is 0 Å². The van der Waals surface area contributed by atoms with Gasteiger partial charge in [0.25, 0.3) is 5.91 Å². The predicted molar refractivity (Wildman–Crippen MR) is 134 cm³/mol. The van der Waals surface area contributed by atoms with Gasteiger partial charge in [0.2, 0.25) is 5.91 Å². The zero-order valence-corrected chi connectivity index (χ0v) is 20.1. The molecule has 0 spiro atoms. The first-order valence-electron chi connectivity index (χ1n) is 11.7. The summed E-state index contributed by atoms with van der Waals surface area (Å²) in [6.07, 6.45) is 2.27. The third kappa shape index (κ3) is 6.51. The van der Waals surface area contributed by atoms with Gasteiger partial charge in [-0.15, -0.1) is 0 Å². The van der Waals surface area contributed by atoms with Crippen LogP contribution in [0, 0.1) is 13.8 Å². The second-order valence-electron chi connectivity index (χ2n) is 8.62. The zero-order valence-electron chi connectivity index (χ0n) is 20.1. The van der Waals surface area contributed by atoms with Crippen LogP contribution >= 0.6 is 0 Å². The maximum Gasteiger partial charge on any atom is 0.255 e. The zero-order chi connectivity index (χ0) is 24.6. The van der Waals surface area contributed by atoms with E-state index in [4.69, 9.17) is 8.83 Å². The van der Waals surface area contributed by atoms with Gasteiger partial charge in [-0.1, -0.05) is 48.5 Å². The molecule has 0 aliphatic heterocycles. The summed E-state index contributed by atoms with van der Waals surface area (Å²) in [6.45, 7) is 4.76. The van der Waals surface area contributed by atoms with Gasteiger partial charge in [-0.25, -0.2) is 0 Å². The van der Waals surface area contributed by atoms with Crippen LogP contribution in [0.5, 0.6) is 0 Å². The van der Waals surface area contributed by atoms with Crippen LogP contribution in [0.25, 0.3) is 0 Å². The largest absolute Gasteiger partial charge is 0.467 e. The van der Waals surface area contributed by atoms with E-state index in [0.717, 1.165) is 16.9 Å². The van der Waals surface area contributed by atoms with E-state index in [1.54, 1.807) is 34.3 Å². The second-order valence-corrected chi connectivity index (χ2v) is 8.62. The standard InChI is InChI=1S/C29H30N2O4/c1-22-9-6-7-13-27(22)29(33)31(19-25-12-8-18-34-25)21-28(32)30(20-26-15-14-23(2)35-26)17-16-24-10-4-3-5-11-24/h3-15,18H,16-17,19-21H2,1-2H3. The average Bonchev–Trinajstić information content (AvgIpc) is 3.53. The SMILES string of the molecule is Cc1ccc(CN(CCc2ccccc2)C(=O)CN(Cc2ccco2)C(=O)c2ccccc2C)o1. The van der Waals surface area contributed by atoms with Crippen molar-refractivity contribution in [1.82, 2.24) is 9.80 Å². The lowest BCUT2D eigenvalue weighted by Crippen LogP contribution is -2.43. The average molecular weight is 471 g/mol. The molecule has 2 heterocycles. The highest BCUT2D eigenvalue weighted by molar-refractivity contribution is 5.97. The van der Waals surface area contributed by atoms with Gasteiger partial charge in [0, 0.05) is 12.1 Å². The highest BCUT2D eigenvalue weighted by Gasteiger charge is 2.25. The Hall–Kier alpha value is -4.06. The number of hydrogen-bond donors (Lipinski definition) is 0. The van der Waals surface area contributed by atoms with Crippen molar-refractivity contribution in [3.05, 3.63) is 119 Å². The molecule has 0 saturated heterocycles. The Bertz CT molecular complexity index is 1240. The Morgan fingerprint density at radius 1 is 0.771 bits per heavy atom. The van der Waals surface area contributed by atoms with Gasteiger partial charge in [0.1, 0.15) is 23.8 Å². The van der Waals surface area contributed by atoms with E-state index in [1.165, 1.54) is 0 Å². The Kier molecular flexibility index (Phi) is 7.83. The molecule has 0 aliphatic rings. The molecule has 0 fully saturated rings. The number of amides is 2. The van der Waals surface area contributed by atoms with Crippen LogP contribution in [0.3, 0.4) is 0 Å². The third-order valence-corrected chi connectivity index (χ3v) is 5.92. The molecule has 6 nitrogen and oxygen atoms in total. The first-order valence-corrected chi connectivity index (χ1v) is 11.7. The van der Waals surface area contributed by atoms with Gasteiger partial charge in [-0.2, -0.15) is 0 Å². The molecule has 2 aromatic heterocycles. The Balaban J connectivity index is 1.55. The van der Waals surface area contributed by atoms with Crippen LogP contribution in [-0.4, -0.2) is 34.7 Å². The molecule has 0 bridgehead atoms. The van der Waals surface area contributed by atoms with Crippen LogP contribution < -0.4 is 0 Å². The van der Waals surface area contributed by atoms with Crippen molar-refractivity contribution in [2.75, 3.05) is 13.1 Å². The monoisotopic (exact) mass is 470 g/mol. The molecule has 0 atom stereocenters. The summed E-state index contributed by atoms with van der Waals surface area (Å²) >= 11 is 0. The first-order chi connectivity index (χ1) is 17.0. The third-order valence-electron chi connectivity index (χ3n) is 5.92. The van der Waals surface area contributed by atoms with Gasteiger partial charge >= 0.3 is 0 Å². The van der Waals surface area contributed by atoms with E-state index in [2.05, 4.69) is 0 Å². The summed E-state index contributed by atoms with van der Waals surface area (Å²) in [4.78, 5) is 30.4. The van der Waals surface area contributed by atoms with Crippen molar-refractivity contribution in [2.45, 2.75) is 33.4 Å². The van der Waals surface area contributed by atoms with Gasteiger partial charge in [-0.3, -0.25) is 9.59 Å². The van der Waals surface area contributed by atoms with Crippen molar-refractivity contribution in [3.8, 4) is 0 Å². The summed E-state index contributed by atoms with van der Waals surface area (Å²) in [5.74, 6) is 1.78. The molecule has 2 amide bonds. The van der Waals surface area contributed by atoms with Crippen LogP contribution in [0.15, 0.2) is 94.0 Å². The lowest BCUT2D eigenvalue weighted by Gasteiger charge is -2.27. The van der Waals surface area contributed by atoms with E-state index in [1.807, 2.05) is 74.5 Å². The molecular formula is C29H30N2O4. The molecule has 4 aromatic rings. The number of carbonyl (C=O) groups excluding carboxylic acids is 2. The lowest BCUT2D eigenvalue weighted by atomic mass is 10.1. The smallest absolute Gasteiger partial charge is 0.255 e. The Labute approximate surface area is 205 Å². The van der Waals surface area contributed by atoms with Crippen LogP contribution in [0.2, 0.25) is 0 Å². The number of nitrogens with zero attached hydrogens (tertiary/aromatic N) is 2. The molecule has 35 heavy (non-hydrogen) atoms. The maximum atomic E-state index is 13.6. The number of aryl methyl sites for hydroxylation is 2. The minimum absolute atomic E-state index is 0.0671. The summed E-state index contributed by atoms with van der Waals surface area (Å²) in [7, 11) is 0. The molecule has 2 aromatic carbocycles. The number of benzene rings is 2. The number of carbonyl (C=O) groups is 2. The fourth-order valence-electron chi connectivity index (χ4n) is 4.00. The molecule has 0 aliphatic carbocycles. The molecule has 180 valence electrons. The molecule has 4 rings (SSSR count). The summed E-state index contributed by atoms with van der Waals surface area (Å²) in [5.41, 5.74) is 2.58. The Morgan fingerprint density at radius 3 is 2.20 bits per heavy atom. The molecule has 6 heteroatoms. The maximum absolute atomic E-state index is 13.6. The van der Waals surface area contributed by atoms with Gasteiger partial charge in [0.05, 0.1) is 19.4 Å². The molecule has 0 saturated carbocycles. The minimum atomic E-state index is -0.204. The van der Waals surface area contributed by atoms with E-state index in [-0.39, 0.29) is 24.9 Å². The predicted octanol–water partition coefficient (Wildman–Crippen LogP) is 5.40. The number of hydrogen-bond acceptors (Lipinski definition) is 4. The van der Waals surface area contributed by atoms with Crippen LogP contribution in [0.4, 0.5) is 0 Å². The fraction of sp³-hybridized carbons (Fsp3) is 0.241. The van der Waals surface area contributed by atoms with E-state index >= 15 is 0 Å². The van der Waals surface area contributed by atoms with Crippen molar-refractivity contribution in [2.24, 2.45) is 0 Å². The number of furan rings is 2. The molecule has 0 unspecified atom stereocenters. The summed E-state index contributed by atoms with van der Waals surface area (Å²) in [6, 6.07) is 24.8. The van der Waals surface area contributed by atoms with Crippen LogP contribution in [0.1, 0.15) is 38.8 Å². The van der Waals surface area contributed by atoms with Gasteiger partial charge in [0.15, 0.2) is 0 Å². The van der Waals surface area contributed by atoms with Crippen molar-refractivity contribution in [1.29, 1.82) is 0 Å². The van der Waals surface area contributed by atoms with Gasteiger partial charge < -0.3 is 18.6 Å². The minimum Gasteiger partial charge on any atom is -0.467 e. The molecular weight excluding hydrogens is 440 g/mol. The topological polar surface area (TPSA) is 66.9 Å². The molecule has 0 N–H and O–H groups in total. The highest BCUT2D eigenvalue weighted by atomic mass is 16.3. The summed E-state index contributed by atoms with van der Waals surface area (Å²) < 4.78 is 11.2. The van der Waals surface area contributed by atoms with Crippen LogP contribution in [-0.2, 0) is 24.3 Å². The second kappa shape index (κ2) is 11.4. The summed E-state index contributed by atoms with van der Waals surface area (Å²) in [5, 5.41) is 0. The van der Waals surface area contributed by atoms with E-state index < -0.39 is 0 Å². The normalized spacial score (nSPS) is 10.8. The molecule has 0 radical (unpaired) electrons. The van der Waals surface area contributed by atoms with Crippen molar-refractivity contribution < 1.29 is 18.4 Å². The van der Waals surface area contributed by atoms with Gasteiger partial charge in [-0.05, 0) is 61.7 Å². The van der Waals surface area contributed by atoms with E-state index in [9.17, 15) is 9.59 Å². The fourth-order valence-corrected chi connectivity index (χ4v) is 4.00. The highest BCUT2D eigenvalue weighted by Crippen LogP contribution is 2.16. The quantitative estimate of drug-likeness (QED) is 0.311. The van der Waals surface area contributed by atoms with Crippen molar-refractivity contribution >= 4 is 11.8 Å². The number of rotatable bonds is 10.